The second kappa shape index (κ2) is 8.09. The molecule has 0 bridgehead atoms. The van der Waals surface area contributed by atoms with E-state index in [9.17, 15) is 22.0 Å². The van der Waals surface area contributed by atoms with Gasteiger partial charge in [-0.3, -0.25) is 4.79 Å². The van der Waals surface area contributed by atoms with Crippen LogP contribution in [-0.4, -0.2) is 43.8 Å². The molecule has 0 aliphatic heterocycles. The van der Waals surface area contributed by atoms with Gasteiger partial charge in [-0.15, -0.1) is 0 Å². The van der Waals surface area contributed by atoms with E-state index in [1.807, 2.05) is 0 Å². The van der Waals surface area contributed by atoms with Gasteiger partial charge in [0.1, 0.15) is 17.4 Å². The molecule has 1 aliphatic rings. The first-order valence-electron chi connectivity index (χ1n) is 8.40. The predicted octanol–water partition coefficient (Wildman–Crippen LogP) is 2.92. The maximum absolute atomic E-state index is 14.3. The van der Waals surface area contributed by atoms with Gasteiger partial charge in [0.05, 0.1) is 16.8 Å². The van der Waals surface area contributed by atoms with Gasteiger partial charge in [0.25, 0.3) is 5.91 Å². The minimum atomic E-state index is -4.16. The summed E-state index contributed by atoms with van der Waals surface area (Å²) in [6.45, 7) is 0. The summed E-state index contributed by atoms with van der Waals surface area (Å²) in [6, 6.07) is 2.90. The van der Waals surface area contributed by atoms with Crippen LogP contribution in [0, 0.1) is 11.6 Å². The zero-order valence-electron chi connectivity index (χ0n) is 15.4. The lowest BCUT2D eigenvalue weighted by molar-refractivity contribution is 0.0975. The van der Waals surface area contributed by atoms with E-state index in [0.29, 0.717) is 24.0 Å². The van der Waals surface area contributed by atoms with E-state index in [1.54, 1.807) is 4.72 Å². The topological polar surface area (TPSA) is 101 Å². The summed E-state index contributed by atoms with van der Waals surface area (Å²) < 4.78 is 59.6. The molecule has 29 heavy (non-hydrogen) atoms. The van der Waals surface area contributed by atoms with Crippen LogP contribution in [0.3, 0.4) is 0 Å². The number of halogens is 3. The molecule has 12 heteroatoms. The highest BCUT2D eigenvalue weighted by molar-refractivity contribution is 7.87. The Morgan fingerprint density at radius 3 is 2.52 bits per heavy atom. The number of rotatable bonds is 7. The SMILES string of the molecule is CN(C)S(=O)(=O)NC(=O)c1cc(F)c(Oc2cnc(NC3CC3)c(Cl)c2)cc1F. The Balaban J connectivity index is 1.78. The first-order chi connectivity index (χ1) is 13.6. The summed E-state index contributed by atoms with van der Waals surface area (Å²) in [4.78, 5) is 16.1. The van der Waals surface area contributed by atoms with Gasteiger partial charge in [0, 0.05) is 32.3 Å². The van der Waals surface area contributed by atoms with Crippen molar-refractivity contribution in [3.63, 3.8) is 0 Å². The molecule has 0 unspecified atom stereocenters. The van der Waals surface area contributed by atoms with Crippen molar-refractivity contribution in [1.29, 1.82) is 0 Å². The van der Waals surface area contributed by atoms with Gasteiger partial charge in [-0.2, -0.15) is 12.7 Å². The van der Waals surface area contributed by atoms with Gasteiger partial charge >= 0.3 is 10.2 Å². The normalized spacial score (nSPS) is 14.0. The van der Waals surface area contributed by atoms with Crippen LogP contribution in [0.2, 0.25) is 5.02 Å². The fourth-order valence-corrected chi connectivity index (χ4v) is 2.91. The van der Waals surface area contributed by atoms with Crippen LogP contribution in [0.4, 0.5) is 14.6 Å². The second-order valence-corrected chi connectivity index (χ2v) is 8.79. The Bertz CT molecular complexity index is 1060. The van der Waals surface area contributed by atoms with E-state index in [0.717, 1.165) is 17.1 Å². The number of nitrogens with one attached hydrogen (secondary N) is 2. The van der Waals surface area contributed by atoms with E-state index in [-0.39, 0.29) is 10.8 Å². The van der Waals surface area contributed by atoms with Gasteiger partial charge in [0.2, 0.25) is 0 Å². The minimum absolute atomic E-state index is 0.0574. The van der Waals surface area contributed by atoms with E-state index in [4.69, 9.17) is 16.3 Å². The average Bonchev–Trinajstić information content (AvgIpc) is 3.43. The number of ether oxygens (including phenoxy) is 1. The smallest absolute Gasteiger partial charge is 0.303 e. The summed E-state index contributed by atoms with van der Waals surface area (Å²) in [5.74, 6) is -3.56. The lowest BCUT2D eigenvalue weighted by Gasteiger charge is -2.13. The minimum Gasteiger partial charge on any atom is -0.452 e. The number of amides is 1. The third-order valence-corrected chi connectivity index (χ3v) is 5.62. The Morgan fingerprint density at radius 2 is 1.93 bits per heavy atom. The number of hydrogen-bond donors (Lipinski definition) is 2. The fourth-order valence-electron chi connectivity index (χ4n) is 2.17. The van der Waals surface area contributed by atoms with Crippen LogP contribution >= 0.6 is 11.6 Å². The second-order valence-electron chi connectivity index (χ2n) is 6.50. The van der Waals surface area contributed by atoms with Gasteiger partial charge in [-0.1, -0.05) is 11.6 Å². The van der Waals surface area contributed by atoms with Crippen LogP contribution in [0.5, 0.6) is 11.5 Å². The highest BCUT2D eigenvalue weighted by Crippen LogP contribution is 2.32. The molecule has 156 valence electrons. The monoisotopic (exact) mass is 446 g/mol. The van der Waals surface area contributed by atoms with Crippen molar-refractivity contribution < 1.29 is 26.7 Å². The van der Waals surface area contributed by atoms with Gasteiger partial charge in [0.15, 0.2) is 11.6 Å². The van der Waals surface area contributed by atoms with E-state index < -0.39 is 39.1 Å². The Labute approximate surface area is 171 Å². The number of aromatic nitrogens is 1. The lowest BCUT2D eigenvalue weighted by Crippen LogP contribution is -2.39. The molecule has 0 radical (unpaired) electrons. The van der Waals surface area contributed by atoms with Gasteiger partial charge in [-0.05, 0) is 18.9 Å². The molecular formula is C17H17ClF2N4O4S. The van der Waals surface area contributed by atoms with E-state index in [2.05, 4.69) is 10.3 Å². The van der Waals surface area contributed by atoms with E-state index >= 15 is 0 Å². The molecule has 8 nitrogen and oxygen atoms in total. The van der Waals surface area contributed by atoms with Crippen molar-refractivity contribution in [1.82, 2.24) is 14.0 Å². The molecular weight excluding hydrogens is 430 g/mol. The molecule has 1 heterocycles. The molecule has 2 N–H and O–H groups in total. The molecule has 1 fully saturated rings. The number of benzene rings is 1. The van der Waals surface area contributed by atoms with Gasteiger partial charge in [-0.25, -0.2) is 18.5 Å². The third-order valence-electron chi connectivity index (χ3n) is 3.93. The molecule has 0 saturated heterocycles. The number of hydrogen-bond acceptors (Lipinski definition) is 6. The molecule has 1 saturated carbocycles. The van der Waals surface area contributed by atoms with Crippen molar-refractivity contribution in [2.24, 2.45) is 0 Å². The number of anilines is 1. The molecule has 0 atom stereocenters. The summed E-state index contributed by atoms with van der Waals surface area (Å²) in [7, 11) is -1.81. The molecule has 1 amide bonds. The predicted molar refractivity (Wildman–Crippen MR) is 102 cm³/mol. The summed E-state index contributed by atoms with van der Waals surface area (Å²) >= 11 is 6.11. The zero-order chi connectivity index (χ0) is 21.3. The van der Waals surface area contributed by atoms with Gasteiger partial charge < -0.3 is 10.1 Å². The number of carbonyl (C=O) groups is 1. The first-order valence-corrected chi connectivity index (χ1v) is 10.2. The van der Waals surface area contributed by atoms with Crippen molar-refractivity contribution in [2.75, 3.05) is 19.4 Å². The largest absolute Gasteiger partial charge is 0.452 e. The number of nitrogens with zero attached hydrogens (tertiary/aromatic N) is 2. The first kappa shape index (κ1) is 21.2. The van der Waals surface area contributed by atoms with Crippen LogP contribution in [-0.2, 0) is 10.2 Å². The zero-order valence-corrected chi connectivity index (χ0v) is 16.9. The quantitative estimate of drug-likeness (QED) is 0.678. The number of carbonyl (C=O) groups excluding carboxylic acids is 1. The highest BCUT2D eigenvalue weighted by Gasteiger charge is 2.24. The Kier molecular flexibility index (Phi) is 5.92. The van der Waals surface area contributed by atoms with Crippen molar-refractivity contribution in [3.8, 4) is 11.5 Å². The molecule has 1 aromatic carbocycles. The highest BCUT2D eigenvalue weighted by atomic mass is 35.5. The average molecular weight is 447 g/mol. The van der Waals surface area contributed by atoms with Crippen molar-refractivity contribution in [2.45, 2.75) is 18.9 Å². The summed E-state index contributed by atoms with van der Waals surface area (Å²) in [6.07, 6.45) is 3.34. The van der Waals surface area contributed by atoms with Crippen molar-refractivity contribution >= 4 is 33.5 Å². The van der Waals surface area contributed by atoms with Crippen LogP contribution in [0.15, 0.2) is 24.4 Å². The van der Waals surface area contributed by atoms with Crippen molar-refractivity contribution in [3.05, 3.63) is 46.6 Å². The maximum atomic E-state index is 14.3. The summed E-state index contributed by atoms with van der Waals surface area (Å²) in [5, 5.41) is 3.36. The Morgan fingerprint density at radius 1 is 1.24 bits per heavy atom. The van der Waals surface area contributed by atoms with Crippen LogP contribution in [0.1, 0.15) is 23.2 Å². The Hall–Kier alpha value is -2.50. The molecule has 1 aromatic heterocycles. The number of pyridine rings is 1. The lowest BCUT2D eigenvalue weighted by atomic mass is 10.2. The third kappa shape index (κ3) is 5.11. The molecule has 2 aromatic rings. The maximum Gasteiger partial charge on any atom is 0.303 e. The van der Waals surface area contributed by atoms with Crippen LogP contribution < -0.4 is 14.8 Å². The fraction of sp³-hybridized carbons (Fsp3) is 0.294. The van der Waals surface area contributed by atoms with Crippen LogP contribution in [0.25, 0.3) is 0 Å². The van der Waals surface area contributed by atoms with E-state index in [1.165, 1.54) is 26.4 Å². The molecule has 3 rings (SSSR count). The molecule has 0 spiro atoms. The molecule has 1 aliphatic carbocycles. The summed E-state index contributed by atoms with van der Waals surface area (Å²) in [5.41, 5.74) is -0.791. The standard InChI is InChI=1S/C17H17ClF2N4O4S/c1-24(2)29(26,27)23-17(25)11-6-14(20)15(7-13(11)19)28-10-5-12(18)16(21-8-10)22-9-3-4-9/h5-9H,3-4H2,1-2H3,(H,21,22)(H,23,25).